The lowest BCUT2D eigenvalue weighted by Crippen LogP contribution is -2.28. The second kappa shape index (κ2) is 20.6. The third-order valence-electron chi connectivity index (χ3n) is 4.41. The van der Waals surface area contributed by atoms with Crippen LogP contribution in [0.25, 0.3) is 0 Å². The molecule has 0 aliphatic heterocycles. The van der Waals surface area contributed by atoms with Crippen LogP contribution in [0.5, 0.6) is 0 Å². The van der Waals surface area contributed by atoms with Crippen molar-refractivity contribution in [3.8, 4) is 0 Å². The summed E-state index contributed by atoms with van der Waals surface area (Å²) in [7, 11) is -4.01. The van der Waals surface area contributed by atoms with Crippen molar-refractivity contribution in [1.29, 1.82) is 0 Å². The van der Waals surface area contributed by atoms with Crippen LogP contribution in [0.1, 0.15) is 84.0 Å². The highest BCUT2D eigenvalue weighted by atomic mass is 32.2. The average Bonchev–Trinajstić information content (AvgIpc) is 2.68. The van der Waals surface area contributed by atoms with Crippen LogP contribution in [0, 0.1) is 0 Å². The van der Waals surface area contributed by atoms with Gasteiger partial charge in [0.05, 0.1) is 5.75 Å². The molecule has 0 aromatic heterocycles. The van der Waals surface area contributed by atoms with Gasteiger partial charge in [-0.1, -0.05) is 74.8 Å². The second-order valence-corrected chi connectivity index (χ2v) is 8.90. The van der Waals surface area contributed by atoms with Gasteiger partial charge in [-0.2, -0.15) is 8.42 Å². The fraction of sp³-hybridized carbons (Fsp3) is 0.625. The van der Waals surface area contributed by atoms with E-state index in [1.807, 2.05) is 0 Å². The number of hydrogen-bond acceptors (Lipinski definition) is 3. The maximum absolute atomic E-state index is 11.5. The Morgan fingerprint density at radius 3 is 1.77 bits per heavy atom. The Balaban J connectivity index is 3.48. The molecule has 0 aliphatic rings. The lowest BCUT2D eigenvalue weighted by Gasteiger charge is -2.03. The normalized spacial score (nSPS) is 12.7. The topological polar surface area (TPSA) is 83.5 Å². The molecule has 2 N–H and O–H groups in total. The van der Waals surface area contributed by atoms with Crippen LogP contribution in [-0.4, -0.2) is 31.2 Å². The molecule has 0 atom stereocenters. The number of carbonyl (C=O) groups excluding carboxylic acids is 1. The quantitative estimate of drug-likeness (QED) is 0.149. The Morgan fingerprint density at radius 2 is 1.27 bits per heavy atom. The number of amides is 1. The molecular weight excluding hydrogens is 398 g/mol. The van der Waals surface area contributed by atoms with E-state index in [0.29, 0.717) is 6.42 Å². The zero-order valence-corrected chi connectivity index (χ0v) is 19.4. The van der Waals surface area contributed by atoms with Crippen molar-refractivity contribution in [3.63, 3.8) is 0 Å². The van der Waals surface area contributed by atoms with Crippen molar-refractivity contribution in [2.24, 2.45) is 0 Å². The third-order valence-corrected chi connectivity index (χ3v) is 5.13. The monoisotopic (exact) mass is 439 g/mol. The van der Waals surface area contributed by atoms with Crippen molar-refractivity contribution in [3.05, 3.63) is 48.6 Å². The number of hydrogen-bond donors (Lipinski definition) is 2. The lowest BCUT2D eigenvalue weighted by molar-refractivity contribution is -0.121. The lowest BCUT2D eigenvalue weighted by atomic mass is 10.1. The van der Waals surface area contributed by atoms with Gasteiger partial charge < -0.3 is 5.32 Å². The highest BCUT2D eigenvalue weighted by molar-refractivity contribution is 7.85. The molecule has 0 aromatic carbocycles. The van der Waals surface area contributed by atoms with Gasteiger partial charge >= 0.3 is 0 Å². The summed E-state index contributed by atoms with van der Waals surface area (Å²) < 4.78 is 29.7. The molecule has 6 heteroatoms. The molecule has 5 nitrogen and oxygen atoms in total. The second-order valence-electron chi connectivity index (χ2n) is 7.32. The fourth-order valence-electron chi connectivity index (χ4n) is 2.69. The van der Waals surface area contributed by atoms with E-state index >= 15 is 0 Å². The molecule has 1 amide bonds. The summed E-state index contributed by atoms with van der Waals surface area (Å²) in [6, 6.07) is 0. The van der Waals surface area contributed by atoms with E-state index in [0.717, 1.165) is 44.9 Å². The van der Waals surface area contributed by atoms with Crippen LogP contribution in [-0.2, 0) is 14.9 Å². The zero-order chi connectivity index (χ0) is 22.3. The molecule has 0 aliphatic carbocycles. The molecule has 0 fully saturated rings. The van der Waals surface area contributed by atoms with E-state index in [1.165, 1.54) is 25.7 Å². The number of nitrogens with one attached hydrogen (secondary N) is 1. The van der Waals surface area contributed by atoms with Crippen molar-refractivity contribution in [2.75, 3.05) is 12.3 Å². The molecule has 0 rings (SSSR count). The first-order valence-corrected chi connectivity index (χ1v) is 12.9. The Kier molecular flexibility index (Phi) is 19.5. The van der Waals surface area contributed by atoms with Crippen molar-refractivity contribution >= 4 is 16.0 Å². The molecule has 172 valence electrons. The highest BCUT2D eigenvalue weighted by Gasteiger charge is 2.05. The summed E-state index contributed by atoms with van der Waals surface area (Å²) >= 11 is 0. The van der Waals surface area contributed by atoms with Crippen LogP contribution in [0.15, 0.2) is 48.6 Å². The van der Waals surface area contributed by atoms with Gasteiger partial charge in [0.25, 0.3) is 10.1 Å². The van der Waals surface area contributed by atoms with Crippen LogP contribution in [0.4, 0.5) is 0 Å². The zero-order valence-electron chi connectivity index (χ0n) is 18.6. The molecule has 0 unspecified atom stereocenters. The number of carbonyl (C=O) groups is 1. The first-order valence-electron chi connectivity index (χ1n) is 11.3. The molecule has 0 aromatic rings. The SMILES string of the molecule is CCCCC/C=C\C/C=C\C/C=C\C/C=C\CCCCCC(=O)NCCS(=O)(=O)O. The van der Waals surface area contributed by atoms with Crippen LogP contribution in [0.3, 0.4) is 0 Å². The van der Waals surface area contributed by atoms with Crippen molar-refractivity contribution in [1.82, 2.24) is 5.32 Å². The van der Waals surface area contributed by atoms with Gasteiger partial charge in [-0.15, -0.1) is 0 Å². The van der Waals surface area contributed by atoms with Crippen LogP contribution in [0.2, 0.25) is 0 Å². The Labute approximate surface area is 184 Å². The molecular formula is C24H41NO4S. The van der Waals surface area contributed by atoms with Crippen LogP contribution >= 0.6 is 0 Å². The first kappa shape index (κ1) is 28.3. The van der Waals surface area contributed by atoms with E-state index in [4.69, 9.17) is 4.55 Å². The largest absolute Gasteiger partial charge is 0.355 e. The minimum atomic E-state index is -4.01. The molecule has 0 saturated carbocycles. The molecule has 0 saturated heterocycles. The molecule has 0 bridgehead atoms. The van der Waals surface area contributed by atoms with Gasteiger partial charge in [0.1, 0.15) is 0 Å². The van der Waals surface area contributed by atoms with E-state index in [2.05, 4.69) is 60.8 Å². The summed E-state index contributed by atoms with van der Waals surface area (Å²) in [6.45, 7) is 2.19. The van der Waals surface area contributed by atoms with Gasteiger partial charge in [0.15, 0.2) is 0 Å². The summed E-state index contributed by atoms with van der Waals surface area (Å²) in [5.74, 6) is -0.610. The number of unbranched alkanes of at least 4 members (excludes halogenated alkanes) is 6. The van der Waals surface area contributed by atoms with Gasteiger partial charge in [-0.05, 0) is 51.4 Å². The van der Waals surface area contributed by atoms with Gasteiger partial charge in [-0.3, -0.25) is 9.35 Å². The van der Waals surface area contributed by atoms with Crippen molar-refractivity contribution in [2.45, 2.75) is 84.0 Å². The fourth-order valence-corrected chi connectivity index (χ4v) is 3.05. The standard InChI is InChI=1S/C24H41NO4S/c1-2-3-4-5-6-7-8-9-10-11-12-13-14-15-16-17-18-19-20-21-24(26)25-22-23-30(27,28)29/h6-7,9-10,12-13,15-16H,2-5,8,11,14,17-23H2,1H3,(H,25,26)(H,27,28,29)/b7-6-,10-9-,13-12-,16-15-. The maximum atomic E-state index is 11.5. The first-order chi connectivity index (χ1) is 14.5. The number of rotatable bonds is 19. The summed E-state index contributed by atoms with van der Waals surface area (Å²) in [5, 5.41) is 2.49. The Hall–Kier alpha value is -1.66. The Morgan fingerprint density at radius 1 is 0.767 bits per heavy atom. The molecule has 30 heavy (non-hydrogen) atoms. The predicted molar refractivity (Wildman–Crippen MR) is 127 cm³/mol. The highest BCUT2D eigenvalue weighted by Crippen LogP contribution is 2.04. The van der Waals surface area contributed by atoms with E-state index in [-0.39, 0.29) is 12.5 Å². The third kappa shape index (κ3) is 24.4. The minimum absolute atomic E-state index is 0.0418. The van der Waals surface area contributed by atoms with E-state index < -0.39 is 15.9 Å². The van der Waals surface area contributed by atoms with Crippen LogP contribution < -0.4 is 5.32 Å². The molecule has 0 radical (unpaired) electrons. The van der Waals surface area contributed by atoms with Crippen molar-refractivity contribution < 1.29 is 17.8 Å². The molecule has 0 heterocycles. The number of allylic oxidation sites excluding steroid dienone is 8. The predicted octanol–water partition coefficient (Wildman–Crippen LogP) is 5.92. The molecule has 0 spiro atoms. The summed E-state index contributed by atoms with van der Waals surface area (Å²) in [4.78, 5) is 11.5. The van der Waals surface area contributed by atoms with Gasteiger partial charge in [-0.25, -0.2) is 0 Å². The van der Waals surface area contributed by atoms with E-state index in [1.54, 1.807) is 0 Å². The maximum Gasteiger partial charge on any atom is 0.266 e. The summed E-state index contributed by atoms with van der Waals surface area (Å²) in [6.07, 6.45) is 29.9. The Bertz CT molecular complexity index is 634. The smallest absolute Gasteiger partial charge is 0.266 e. The van der Waals surface area contributed by atoms with Gasteiger partial charge in [0.2, 0.25) is 5.91 Å². The van der Waals surface area contributed by atoms with Gasteiger partial charge in [0, 0.05) is 13.0 Å². The average molecular weight is 440 g/mol. The summed E-state index contributed by atoms with van der Waals surface area (Å²) in [5.41, 5.74) is 0. The van der Waals surface area contributed by atoms with E-state index in [9.17, 15) is 13.2 Å². The minimum Gasteiger partial charge on any atom is -0.355 e.